The number of esters is 2. The van der Waals surface area contributed by atoms with Gasteiger partial charge in [-0.1, -0.05) is 27.7 Å². The van der Waals surface area contributed by atoms with E-state index in [1.165, 1.54) is 0 Å². The Hall–Kier alpha value is -2.01. The summed E-state index contributed by atoms with van der Waals surface area (Å²) >= 11 is 0. The molecule has 1 N–H and O–H groups in total. The number of carbonyl (C=O) groups is 3. The SMILES string of the molecule is CCC(C)C(=O)OCCNC(=O)OC1C2CC3C1OS(=O)(=O)C3C2.CCC(C)C(=O)OCCOC1C2CC3C1OS(=O)(=O)C3C2. The third-order valence-corrected chi connectivity index (χ3v) is 13.9. The monoisotopic (exact) mass is 679 g/mol. The molecule has 4 aliphatic carbocycles. The highest BCUT2D eigenvalue weighted by molar-refractivity contribution is 7.87. The number of nitrogens with one attached hydrogen (secondary N) is 1. The molecule has 16 heteroatoms. The molecule has 256 valence electrons. The van der Waals surface area contributed by atoms with Gasteiger partial charge in [0.15, 0.2) is 0 Å². The Balaban J connectivity index is 0.000000179. The first kappa shape index (κ1) is 34.3. The van der Waals surface area contributed by atoms with E-state index in [1.807, 2.05) is 20.8 Å². The van der Waals surface area contributed by atoms with Gasteiger partial charge in [0.1, 0.15) is 31.5 Å². The Morgan fingerprint density at radius 1 is 0.733 bits per heavy atom. The Labute approximate surface area is 264 Å². The lowest BCUT2D eigenvalue weighted by molar-refractivity contribution is -0.151. The summed E-state index contributed by atoms with van der Waals surface area (Å²) in [5, 5.41) is 1.76. The third-order valence-electron chi connectivity index (χ3n) is 10.4. The van der Waals surface area contributed by atoms with Crippen LogP contribution in [0.2, 0.25) is 0 Å². The molecule has 6 aliphatic rings. The minimum absolute atomic E-state index is 0.0382. The molecule has 0 aromatic heterocycles. The summed E-state index contributed by atoms with van der Waals surface area (Å²) in [6.07, 6.45) is 1.95. The first-order valence-electron chi connectivity index (χ1n) is 16.0. The van der Waals surface area contributed by atoms with Crippen LogP contribution in [0.15, 0.2) is 0 Å². The summed E-state index contributed by atoms with van der Waals surface area (Å²) in [4.78, 5) is 34.9. The van der Waals surface area contributed by atoms with Crippen molar-refractivity contribution in [1.29, 1.82) is 0 Å². The van der Waals surface area contributed by atoms with Crippen molar-refractivity contribution in [2.24, 2.45) is 35.5 Å². The minimum Gasteiger partial charge on any atom is -0.464 e. The maximum Gasteiger partial charge on any atom is 0.407 e. The number of carbonyl (C=O) groups excluding carboxylic acids is 3. The molecule has 1 amide bonds. The normalized spacial score (nSPS) is 38.2. The molecule has 14 nitrogen and oxygen atoms in total. The van der Waals surface area contributed by atoms with Gasteiger partial charge in [-0.25, -0.2) is 4.79 Å². The molecular weight excluding hydrogens is 634 g/mol. The first-order valence-corrected chi connectivity index (χ1v) is 18.9. The van der Waals surface area contributed by atoms with Gasteiger partial charge in [0.25, 0.3) is 20.2 Å². The molecular formula is C29H45NO13S2. The first-order chi connectivity index (χ1) is 21.3. The van der Waals surface area contributed by atoms with Gasteiger partial charge in [-0.15, -0.1) is 0 Å². The van der Waals surface area contributed by atoms with Crippen LogP contribution < -0.4 is 5.32 Å². The predicted octanol–water partition coefficient (Wildman–Crippen LogP) is 1.91. The number of rotatable bonds is 12. The second-order valence-electron chi connectivity index (χ2n) is 13.1. The molecule has 6 rings (SSSR count). The summed E-state index contributed by atoms with van der Waals surface area (Å²) < 4.78 is 78.9. The zero-order valence-electron chi connectivity index (χ0n) is 26.1. The molecule has 0 radical (unpaired) electrons. The molecule has 4 saturated carbocycles. The van der Waals surface area contributed by atoms with E-state index in [4.69, 9.17) is 27.3 Å². The Morgan fingerprint density at radius 2 is 1.22 bits per heavy atom. The summed E-state index contributed by atoms with van der Waals surface area (Å²) in [6.45, 7) is 8.16. The van der Waals surface area contributed by atoms with Crippen LogP contribution in [0.4, 0.5) is 4.79 Å². The van der Waals surface area contributed by atoms with Crippen LogP contribution in [-0.2, 0) is 57.1 Å². The summed E-state index contributed by atoms with van der Waals surface area (Å²) in [5.41, 5.74) is 0. The van der Waals surface area contributed by atoms with E-state index in [-0.39, 0.29) is 84.7 Å². The zero-order chi connectivity index (χ0) is 32.7. The standard InChI is InChI=1S/C15H23NO7S.C14H22O6S/c1-3-8(2)14(17)21-5-4-16-15(18)22-12-9-6-10-11(7-9)24(19,20)23-13(10)12;1-3-8(2)14(15)19-5-4-18-12-9-6-10-11(7-9)21(16,17)20-13(10)12/h8-13H,3-7H2,1-2H3,(H,16,18);8-13H,3-7H2,1-2H3. The molecule has 45 heavy (non-hydrogen) atoms. The van der Waals surface area contributed by atoms with Crippen molar-refractivity contribution in [3.63, 3.8) is 0 Å². The largest absolute Gasteiger partial charge is 0.464 e. The molecule has 2 heterocycles. The average molecular weight is 680 g/mol. The van der Waals surface area contributed by atoms with Crippen LogP contribution >= 0.6 is 0 Å². The highest BCUT2D eigenvalue weighted by Crippen LogP contribution is 2.56. The summed E-state index contributed by atoms with van der Waals surface area (Å²) in [5.74, 6) is -0.451. The van der Waals surface area contributed by atoms with Crippen molar-refractivity contribution < 1.29 is 58.5 Å². The molecule has 2 aliphatic heterocycles. The van der Waals surface area contributed by atoms with Crippen LogP contribution in [0.25, 0.3) is 0 Å². The van der Waals surface area contributed by atoms with Crippen LogP contribution in [-0.4, -0.2) is 96.1 Å². The summed E-state index contributed by atoms with van der Waals surface area (Å²) in [6, 6.07) is 0. The molecule has 0 aromatic carbocycles. The van der Waals surface area contributed by atoms with Gasteiger partial charge in [0, 0.05) is 17.8 Å². The van der Waals surface area contributed by atoms with E-state index >= 15 is 0 Å². The second kappa shape index (κ2) is 13.6. The average Bonchev–Trinajstić information content (AvgIpc) is 3.81. The molecule has 2 saturated heterocycles. The topological polar surface area (TPSA) is 187 Å². The van der Waals surface area contributed by atoms with Crippen molar-refractivity contribution >= 4 is 38.3 Å². The fourth-order valence-corrected chi connectivity index (χ4v) is 11.3. The second-order valence-corrected chi connectivity index (χ2v) is 16.6. The van der Waals surface area contributed by atoms with Crippen LogP contribution in [0.5, 0.6) is 0 Å². The maximum absolute atomic E-state index is 11.9. The number of amides is 1. The van der Waals surface area contributed by atoms with Crippen molar-refractivity contribution in [1.82, 2.24) is 5.32 Å². The van der Waals surface area contributed by atoms with E-state index in [0.717, 1.165) is 19.3 Å². The molecule has 12 unspecified atom stereocenters. The number of ether oxygens (including phenoxy) is 4. The molecule has 12 atom stereocenters. The molecule has 0 aromatic rings. The van der Waals surface area contributed by atoms with Gasteiger partial charge < -0.3 is 24.3 Å². The van der Waals surface area contributed by atoms with Gasteiger partial charge in [0.2, 0.25) is 0 Å². The van der Waals surface area contributed by atoms with Gasteiger partial charge in [0.05, 0.1) is 41.6 Å². The van der Waals surface area contributed by atoms with E-state index in [2.05, 4.69) is 5.32 Å². The molecule has 6 fully saturated rings. The van der Waals surface area contributed by atoms with Gasteiger partial charge in [-0.2, -0.15) is 16.8 Å². The highest BCUT2D eigenvalue weighted by Gasteiger charge is 2.66. The molecule has 4 bridgehead atoms. The van der Waals surface area contributed by atoms with E-state index in [0.29, 0.717) is 25.9 Å². The fraction of sp³-hybridized carbons (Fsp3) is 0.897. The van der Waals surface area contributed by atoms with Crippen LogP contribution in [0, 0.1) is 35.5 Å². The van der Waals surface area contributed by atoms with Gasteiger partial charge in [-0.3, -0.25) is 18.0 Å². The van der Waals surface area contributed by atoms with Crippen molar-refractivity contribution in [3.05, 3.63) is 0 Å². The van der Waals surface area contributed by atoms with Crippen molar-refractivity contribution in [2.45, 2.75) is 101 Å². The maximum atomic E-state index is 11.9. The zero-order valence-corrected chi connectivity index (χ0v) is 27.8. The number of hydrogen-bond donors (Lipinski definition) is 1. The Kier molecular flexibility index (Phi) is 10.4. The Bertz CT molecular complexity index is 1340. The smallest absolute Gasteiger partial charge is 0.407 e. The predicted molar refractivity (Wildman–Crippen MR) is 156 cm³/mol. The van der Waals surface area contributed by atoms with Crippen LogP contribution in [0.3, 0.4) is 0 Å². The van der Waals surface area contributed by atoms with Crippen molar-refractivity contribution in [3.8, 4) is 0 Å². The van der Waals surface area contributed by atoms with E-state index < -0.39 is 43.8 Å². The van der Waals surface area contributed by atoms with Crippen LogP contribution in [0.1, 0.15) is 66.2 Å². The quantitative estimate of drug-likeness (QED) is 0.137. The fourth-order valence-electron chi connectivity index (χ4n) is 7.57. The number of fused-ring (bicyclic) bond motifs is 2. The van der Waals surface area contributed by atoms with E-state index in [9.17, 15) is 31.2 Å². The summed E-state index contributed by atoms with van der Waals surface area (Å²) in [7, 11) is -6.90. The third kappa shape index (κ3) is 6.99. The van der Waals surface area contributed by atoms with Gasteiger partial charge in [-0.05, 0) is 44.4 Å². The van der Waals surface area contributed by atoms with Gasteiger partial charge >= 0.3 is 18.0 Å². The van der Waals surface area contributed by atoms with Crippen molar-refractivity contribution in [2.75, 3.05) is 26.4 Å². The lowest BCUT2D eigenvalue weighted by Crippen LogP contribution is -2.40. The Morgan fingerprint density at radius 3 is 1.76 bits per heavy atom. The highest BCUT2D eigenvalue weighted by atomic mass is 32.2. The number of alkyl carbamates (subject to hydrolysis) is 1. The lowest BCUT2D eigenvalue weighted by Gasteiger charge is -2.25. The van der Waals surface area contributed by atoms with E-state index in [1.54, 1.807) is 6.92 Å². The lowest BCUT2D eigenvalue weighted by atomic mass is 9.94. The number of hydrogen-bond acceptors (Lipinski definition) is 13. The minimum atomic E-state index is -3.51. The molecule has 0 spiro atoms.